The van der Waals surface area contributed by atoms with Gasteiger partial charge in [-0.2, -0.15) is 0 Å². The van der Waals surface area contributed by atoms with Crippen LogP contribution in [0.3, 0.4) is 0 Å². The minimum atomic E-state index is 0.220. The second kappa shape index (κ2) is 7.64. The predicted octanol–water partition coefficient (Wildman–Crippen LogP) is 2.54. The molecule has 0 aliphatic carbocycles. The highest BCUT2D eigenvalue weighted by atomic mass is 16.5. The Kier molecular flexibility index (Phi) is 5.58. The molecule has 1 atom stereocenters. The van der Waals surface area contributed by atoms with Crippen LogP contribution in [0.15, 0.2) is 47.5 Å². The molecule has 0 radical (unpaired) electrons. The fraction of sp³-hybridized carbons (Fsp3) is 0.353. The van der Waals surface area contributed by atoms with E-state index in [1.807, 2.05) is 0 Å². The predicted molar refractivity (Wildman–Crippen MR) is 88.6 cm³/mol. The van der Waals surface area contributed by atoms with E-state index in [9.17, 15) is 0 Å². The first-order valence-electron chi connectivity index (χ1n) is 7.16. The van der Waals surface area contributed by atoms with Gasteiger partial charge in [0.2, 0.25) is 0 Å². The quantitative estimate of drug-likeness (QED) is 0.655. The summed E-state index contributed by atoms with van der Waals surface area (Å²) in [6.07, 6.45) is 0. The maximum atomic E-state index is 5.11. The van der Waals surface area contributed by atoms with Gasteiger partial charge in [-0.1, -0.05) is 36.4 Å². The van der Waals surface area contributed by atoms with Crippen molar-refractivity contribution in [2.75, 3.05) is 20.8 Å². The van der Waals surface area contributed by atoms with Gasteiger partial charge in [-0.15, -0.1) is 0 Å². The van der Waals surface area contributed by atoms with Crippen molar-refractivity contribution in [2.24, 2.45) is 4.99 Å². The van der Waals surface area contributed by atoms with E-state index >= 15 is 0 Å². The Hall–Kier alpha value is -2.07. The average molecular weight is 285 g/mol. The van der Waals surface area contributed by atoms with Crippen molar-refractivity contribution in [3.63, 3.8) is 0 Å². The molecule has 2 N–H and O–H groups in total. The number of rotatable bonds is 5. The molecule has 0 saturated carbocycles. The van der Waals surface area contributed by atoms with E-state index < -0.39 is 0 Å². The summed E-state index contributed by atoms with van der Waals surface area (Å²) < 4.78 is 5.11. The van der Waals surface area contributed by atoms with Gasteiger partial charge in [0.25, 0.3) is 0 Å². The van der Waals surface area contributed by atoms with Crippen molar-refractivity contribution in [3.05, 3.63) is 48.0 Å². The largest absolute Gasteiger partial charge is 0.383 e. The summed E-state index contributed by atoms with van der Waals surface area (Å²) in [5.74, 6) is 0.785. The molecule has 0 amide bonds. The fourth-order valence-corrected chi connectivity index (χ4v) is 2.25. The lowest BCUT2D eigenvalue weighted by Gasteiger charge is -2.17. The van der Waals surface area contributed by atoms with Crippen LogP contribution in [0.25, 0.3) is 10.8 Å². The van der Waals surface area contributed by atoms with Gasteiger partial charge in [-0.3, -0.25) is 4.99 Å². The molecule has 0 bridgehead atoms. The number of ether oxygens (including phenoxy) is 1. The molecular formula is C17H23N3O. The Morgan fingerprint density at radius 1 is 1.19 bits per heavy atom. The van der Waals surface area contributed by atoms with E-state index in [2.05, 4.69) is 65.0 Å². The van der Waals surface area contributed by atoms with Crippen LogP contribution in [-0.4, -0.2) is 32.8 Å². The number of nitrogens with one attached hydrogen (secondary N) is 2. The molecule has 4 heteroatoms. The average Bonchev–Trinajstić information content (AvgIpc) is 2.51. The number of methoxy groups -OCH3 is 1. The minimum absolute atomic E-state index is 0.220. The molecule has 4 nitrogen and oxygen atoms in total. The standard InChI is InChI=1S/C17H23N3O/c1-13(12-21-3)20-17(18-2)19-11-14-8-9-15-6-4-5-7-16(15)10-14/h4-10,13H,11-12H2,1-3H3,(H2,18,19,20). The molecule has 0 fully saturated rings. The molecule has 2 aromatic carbocycles. The van der Waals surface area contributed by atoms with Gasteiger partial charge >= 0.3 is 0 Å². The second-order valence-electron chi connectivity index (χ2n) is 5.11. The van der Waals surface area contributed by atoms with Gasteiger partial charge in [0.1, 0.15) is 0 Å². The van der Waals surface area contributed by atoms with Gasteiger partial charge in [0, 0.05) is 26.7 Å². The van der Waals surface area contributed by atoms with E-state index in [0.717, 1.165) is 12.5 Å². The third kappa shape index (κ3) is 4.46. The van der Waals surface area contributed by atoms with Crippen molar-refractivity contribution in [1.82, 2.24) is 10.6 Å². The molecule has 1 unspecified atom stereocenters. The van der Waals surface area contributed by atoms with Crippen molar-refractivity contribution < 1.29 is 4.74 Å². The maximum Gasteiger partial charge on any atom is 0.191 e. The van der Waals surface area contributed by atoms with Gasteiger partial charge in [-0.25, -0.2) is 0 Å². The summed E-state index contributed by atoms with van der Waals surface area (Å²) in [4.78, 5) is 4.23. The normalized spacial score (nSPS) is 13.2. The van der Waals surface area contributed by atoms with Crippen molar-refractivity contribution >= 4 is 16.7 Å². The molecule has 0 aliphatic rings. The molecule has 2 aromatic rings. The highest BCUT2D eigenvalue weighted by Crippen LogP contribution is 2.15. The van der Waals surface area contributed by atoms with Crippen LogP contribution < -0.4 is 10.6 Å². The lowest BCUT2D eigenvalue weighted by atomic mass is 10.1. The zero-order valence-corrected chi connectivity index (χ0v) is 12.9. The van der Waals surface area contributed by atoms with Crippen molar-refractivity contribution in [2.45, 2.75) is 19.5 Å². The van der Waals surface area contributed by atoms with Crippen LogP contribution in [-0.2, 0) is 11.3 Å². The maximum absolute atomic E-state index is 5.11. The van der Waals surface area contributed by atoms with Crippen LogP contribution in [0, 0.1) is 0 Å². The molecule has 21 heavy (non-hydrogen) atoms. The Morgan fingerprint density at radius 3 is 2.67 bits per heavy atom. The highest BCUT2D eigenvalue weighted by Gasteiger charge is 2.04. The first-order chi connectivity index (χ1) is 10.2. The summed E-state index contributed by atoms with van der Waals surface area (Å²) in [6, 6.07) is 15.1. The van der Waals surface area contributed by atoms with E-state index in [0.29, 0.717) is 6.61 Å². The Labute approximate surface area is 126 Å². The van der Waals surface area contributed by atoms with Crippen LogP contribution in [0.2, 0.25) is 0 Å². The lowest BCUT2D eigenvalue weighted by molar-refractivity contribution is 0.179. The number of fused-ring (bicyclic) bond motifs is 1. The summed E-state index contributed by atoms with van der Waals surface area (Å²) in [5.41, 5.74) is 1.23. The Balaban J connectivity index is 1.96. The number of hydrogen-bond acceptors (Lipinski definition) is 2. The molecule has 0 spiro atoms. The third-order valence-corrected chi connectivity index (χ3v) is 3.30. The summed E-state index contributed by atoms with van der Waals surface area (Å²) >= 11 is 0. The molecule has 0 heterocycles. The highest BCUT2D eigenvalue weighted by molar-refractivity contribution is 5.83. The monoisotopic (exact) mass is 285 g/mol. The molecule has 0 aromatic heterocycles. The van der Waals surface area contributed by atoms with Crippen molar-refractivity contribution in [3.8, 4) is 0 Å². The summed E-state index contributed by atoms with van der Waals surface area (Å²) in [7, 11) is 3.47. The molecule has 2 rings (SSSR count). The number of hydrogen-bond donors (Lipinski definition) is 2. The summed E-state index contributed by atoms with van der Waals surface area (Å²) in [6.45, 7) is 3.45. The number of benzene rings is 2. The van der Waals surface area contributed by atoms with Crippen LogP contribution in [0.5, 0.6) is 0 Å². The third-order valence-electron chi connectivity index (χ3n) is 3.30. The van der Waals surface area contributed by atoms with E-state index in [1.165, 1.54) is 16.3 Å². The van der Waals surface area contributed by atoms with Gasteiger partial charge in [0.05, 0.1) is 6.61 Å². The second-order valence-corrected chi connectivity index (χ2v) is 5.11. The SMILES string of the molecule is CN=C(NCc1ccc2ccccc2c1)NC(C)COC. The zero-order valence-electron chi connectivity index (χ0n) is 12.9. The van der Waals surface area contributed by atoms with Gasteiger partial charge in [0.15, 0.2) is 5.96 Å². The fourth-order valence-electron chi connectivity index (χ4n) is 2.25. The van der Waals surface area contributed by atoms with Gasteiger partial charge in [-0.05, 0) is 29.3 Å². The molecule has 112 valence electrons. The van der Waals surface area contributed by atoms with E-state index in [-0.39, 0.29) is 6.04 Å². The van der Waals surface area contributed by atoms with Crippen molar-refractivity contribution in [1.29, 1.82) is 0 Å². The molecule has 0 aliphatic heterocycles. The van der Waals surface area contributed by atoms with E-state index in [4.69, 9.17) is 4.74 Å². The van der Waals surface area contributed by atoms with Crippen LogP contribution in [0.4, 0.5) is 0 Å². The number of guanidine groups is 1. The topological polar surface area (TPSA) is 45.7 Å². The lowest BCUT2D eigenvalue weighted by Crippen LogP contribution is -2.43. The summed E-state index contributed by atoms with van der Waals surface area (Å²) in [5, 5.41) is 9.13. The number of nitrogens with zero attached hydrogens (tertiary/aromatic N) is 1. The number of aliphatic imine (C=N–C) groups is 1. The molecule has 0 saturated heterocycles. The Bertz CT molecular complexity index is 610. The zero-order chi connectivity index (χ0) is 15.1. The smallest absolute Gasteiger partial charge is 0.191 e. The van der Waals surface area contributed by atoms with Gasteiger partial charge < -0.3 is 15.4 Å². The van der Waals surface area contributed by atoms with E-state index in [1.54, 1.807) is 14.2 Å². The van der Waals surface area contributed by atoms with Crippen LogP contribution >= 0.6 is 0 Å². The van der Waals surface area contributed by atoms with Crippen LogP contribution in [0.1, 0.15) is 12.5 Å². The Morgan fingerprint density at radius 2 is 1.95 bits per heavy atom. The minimum Gasteiger partial charge on any atom is -0.383 e. The molecular weight excluding hydrogens is 262 g/mol. The first-order valence-corrected chi connectivity index (χ1v) is 7.16. The first kappa shape index (κ1) is 15.3.